The second-order valence-electron chi connectivity index (χ2n) is 8.35. The third-order valence-electron chi connectivity index (χ3n) is 4.79. The van der Waals surface area contributed by atoms with Crippen LogP contribution in [-0.2, 0) is 11.2 Å². The van der Waals surface area contributed by atoms with Gasteiger partial charge in [0.2, 0.25) is 5.91 Å². The number of carbonyl (C=O) groups is 2. The number of anilines is 2. The van der Waals surface area contributed by atoms with Crippen LogP contribution in [0.4, 0.5) is 16.2 Å². The van der Waals surface area contributed by atoms with E-state index in [1.807, 2.05) is 20.8 Å². The summed E-state index contributed by atoms with van der Waals surface area (Å²) in [4.78, 5) is 26.8. The molecule has 1 aliphatic heterocycles. The van der Waals surface area contributed by atoms with Crippen molar-refractivity contribution in [1.29, 1.82) is 0 Å². The van der Waals surface area contributed by atoms with Gasteiger partial charge < -0.3 is 20.3 Å². The Bertz CT molecular complexity index is 885. The minimum absolute atomic E-state index is 0.0294. The van der Waals surface area contributed by atoms with Crippen molar-refractivity contribution in [2.24, 2.45) is 5.41 Å². The van der Waals surface area contributed by atoms with Crippen LogP contribution in [0, 0.1) is 12.3 Å². The third-order valence-corrected chi connectivity index (χ3v) is 4.79. The number of nitrogens with one attached hydrogen (secondary N) is 2. The molecule has 2 aromatic rings. The molecule has 0 fully saturated rings. The van der Waals surface area contributed by atoms with Crippen molar-refractivity contribution in [3.8, 4) is 5.75 Å². The largest absolute Gasteiger partial charge is 0.490 e. The number of carbonyl (C=O) groups excluding carboxylic acids is 2. The average Bonchev–Trinajstić information content (AvgIpc) is 2.68. The maximum absolute atomic E-state index is 12.8. The number of hydrogen-bond donors (Lipinski definition) is 2. The monoisotopic (exact) mass is 395 g/mol. The van der Waals surface area contributed by atoms with E-state index < -0.39 is 5.41 Å². The van der Waals surface area contributed by atoms with E-state index in [-0.39, 0.29) is 11.9 Å². The van der Waals surface area contributed by atoms with Crippen molar-refractivity contribution in [2.45, 2.75) is 34.1 Å². The van der Waals surface area contributed by atoms with Gasteiger partial charge in [0, 0.05) is 17.6 Å². The van der Waals surface area contributed by atoms with Crippen LogP contribution >= 0.6 is 0 Å². The van der Waals surface area contributed by atoms with E-state index in [1.165, 1.54) is 11.1 Å². The lowest BCUT2D eigenvalue weighted by atomic mass is 9.94. The van der Waals surface area contributed by atoms with E-state index in [1.54, 1.807) is 23.1 Å². The summed E-state index contributed by atoms with van der Waals surface area (Å²) in [5.41, 5.74) is 3.21. The number of hydrogen-bond acceptors (Lipinski definition) is 3. The van der Waals surface area contributed by atoms with Crippen molar-refractivity contribution in [3.05, 3.63) is 53.6 Å². The van der Waals surface area contributed by atoms with Crippen LogP contribution in [-0.4, -0.2) is 31.6 Å². The van der Waals surface area contributed by atoms with E-state index in [4.69, 9.17) is 4.74 Å². The number of amides is 3. The van der Waals surface area contributed by atoms with Gasteiger partial charge >= 0.3 is 6.03 Å². The van der Waals surface area contributed by atoms with E-state index in [9.17, 15) is 9.59 Å². The average molecular weight is 396 g/mol. The van der Waals surface area contributed by atoms with Crippen LogP contribution < -0.4 is 20.3 Å². The zero-order valence-electron chi connectivity index (χ0n) is 17.5. The molecule has 0 bridgehead atoms. The number of ether oxygens (including phenoxy) is 1. The summed E-state index contributed by atoms with van der Waals surface area (Å²) < 4.78 is 5.68. The molecule has 0 aliphatic carbocycles. The molecule has 0 radical (unpaired) electrons. The van der Waals surface area contributed by atoms with Crippen LogP contribution in [0.15, 0.2) is 42.5 Å². The van der Waals surface area contributed by atoms with Gasteiger partial charge in [0.25, 0.3) is 0 Å². The second kappa shape index (κ2) is 8.55. The third kappa shape index (κ3) is 5.28. The van der Waals surface area contributed by atoms with Gasteiger partial charge in [-0.05, 0) is 37.1 Å². The number of fused-ring (bicyclic) bond motifs is 1. The fourth-order valence-electron chi connectivity index (χ4n) is 3.16. The lowest BCUT2D eigenvalue weighted by molar-refractivity contribution is -0.126. The van der Waals surface area contributed by atoms with Crippen molar-refractivity contribution < 1.29 is 14.3 Å². The summed E-state index contributed by atoms with van der Waals surface area (Å²) >= 11 is 0. The molecule has 0 spiro atoms. The molecule has 6 heteroatoms. The van der Waals surface area contributed by atoms with Crippen molar-refractivity contribution >= 4 is 23.3 Å². The Hall–Kier alpha value is -3.02. The first-order valence-corrected chi connectivity index (χ1v) is 9.93. The summed E-state index contributed by atoms with van der Waals surface area (Å²) in [6.07, 6.45) is 0.763. The maximum Gasteiger partial charge on any atom is 0.319 e. The van der Waals surface area contributed by atoms with E-state index >= 15 is 0 Å². The van der Waals surface area contributed by atoms with Gasteiger partial charge in [-0.15, -0.1) is 0 Å². The first kappa shape index (κ1) is 20.7. The summed E-state index contributed by atoms with van der Waals surface area (Å²) in [6, 6.07) is 13.4. The fourth-order valence-corrected chi connectivity index (χ4v) is 3.16. The first-order valence-electron chi connectivity index (χ1n) is 9.93. The molecule has 0 aromatic heterocycles. The number of benzene rings is 2. The minimum Gasteiger partial charge on any atom is -0.490 e. The SMILES string of the molecule is Cc1ccc(CCNC(=O)Nc2ccc3c(c2)N(C(=O)C(C)(C)C)CCO3)cc1. The Balaban J connectivity index is 1.62. The normalized spacial score (nSPS) is 13.3. The standard InChI is InChI=1S/C23H29N3O3/c1-16-5-7-17(8-6-16)11-12-24-22(28)25-18-9-10-20-19(15-18)26(13-14-29-20)21(27)23(2,3)4/h5-10,15H,11-14H2,1-4H3,(H2,24,25,28). The van der Waals surface area contributed by atoms with Gasteiger partial charge in [0.05, 0.1) is 12.2 Å². The quantitative estimate of drug-likeness (QED) is 0.818. The zero-order chi connectivity index (χ0) is 21.0. The molecule has 3 rings (SSSR count). The van der Waals surface area contributed by atoms with E-state index in [0.29, 0.717) is 36.8 Å². The van der Waals surface area contributed by atoms with Gasteiger partial charge in [-0.25, -0.2) is 4.79 Å². The Morgan fingerprint density at radius 3 is 2.52 bits per heavy atom. The number of urea groups is 1. The summed E-state index contributed by atoms with van der Waals surface area (Å²) in [5, 5.41) is 5.71. The van der Waals surface area contributed by atoms with Crippen molar-refractivity contribution in [2.75, 3.05) is 29.9 Å². The van der Waals surface area contributed by atoms with Gasteiger partial charge in [0.15, 0.2) is 0 Å². The van der Waals surface area contributed by atoms with Crippen LogP contribution in [0.3, 0.4) is 0 Å². The van der Waals surface area contributed by atoms with Gasteiger partial charge in [-0.3, -0.25) is 4.79 Å². The summed E-state index contributed by atoms with van der Waals surface area (Å²) in [6.45, 7) is 9.24. The highest BCUT2D eigenvalue weighted by atomic mass is 16.5. The van der Waals surface area contributed by atoms with E-state index in [0.717, 1.165) is 6.42 Å². The molecule has 0 saturated carbocycles. The molecular formula is C23H29N3O3. The van der Waals surface area contributed by atoms with Crippen LogP contribution in [0.5, 0.6) is 5.75 Å². The molecule has 6 nitrogen and oxygen atoms in total. The molecule has 1 heterocycles. The molecule has 2 N–H and O–H groups in total. The number of aryl methyl sites for hydroxylation is 1. The van der Waals surface area contributed by atoms with Gasteiger partial charge in [0.1, 0.15) is 12.4 Å². The lowest BCUT2D eigenvalue weighted by Crippen LogP contribution is -2.44. The molecule has 1 aliphatic rings. The van der Waals surface area contributed by atoms with Gasteiger partial charge in [-0.1, -0.05) is 50.6 Å². The second-order valence-corrected chi connectivity index (χ2v) is 8.35. The number of rotatable bonds is 4. The smallest absolute Gasteiger partial charge is 0.319 e. The highest BCUT2D eigenvalue weighted by Crippen LogP contribution is 2.36. The maximum atomic E-state index is 12.8. The van der Waals surface area contributed by atoms with Crippen molar-refractivity contribution in [1.82, 2.24) is 5.32 Å². The Morgan fingerprint density at radius 2 is 1.83 bits per heavy atom. The highest BCUT2D eigenvalue weighted by Gasteiger charge is 2.32. The summed E-state index contributed by atoms with van der Waals surface area (Å²) in [7, 11) is 0. The van der Waals surface area contributed by atoms with Crippen LogP contribution in [0.25, 0.3) is 0 Å². The Kier molecular flexibility index (Phi) is 6.11. The molecular weight excluding hydrogens is 366 g/mol. The molecule has 2 aromatic carbocycles. The molecule has 3 amide bonds. The molecule has 0 atom stereocenters. The topological polar surface area (TPSA) is 70.7 Å². The molecule has 154 valence electrons. The van der Waals surface area contributed by atoms with Crippen LogP contribution in [0.1, 0.15) is 31.9 Å². The zero-order valence-corrected chi connectivity index (χ0v) is 17.5. The van der Waals surface area contributed by atoms with Crippen molar-refractivity contribution in [3.63, 3.8) is 0 Å². The molecule has 29 heavy (non-hydrogen) atoms. The number of nitrogens with zero attached hydrogens (tertiary/aromatic N) is 1. The highest BCUT2D eigenvalue weighted by molar-refractivity contribution is 5.99. The van der Waals surface area contributed by atoms with Gasteiger partial charge in [-0.2, -0.15) is 0 Å². The van der Waals surface area contributed by atoms with E-state index in [2.05, 4.69) is 41.8 Å². The Labute approximate surface area is 172 Å². The summed E-state index contributed by atoms with van der Waals surface area (Å²) in [5.74, 6) is 0.681. The van der Waals surface area contributed by atoms with Crippen LogP contribution in [0.2, 0.25) is 0 Å². The minimum atomic E-state index is -0.495. The lowest BCUT2D eigenvalue weighted by Gasteiger charge is -2.34. The Morgan fingerprint density at radius 1 is 1.10 bits per heavy atom. The molecule has 0 saturated heterocycles. The molecule has 0 unspecified atom stereocenters. The fraction of sp³-hybridized carbons (Fsp3) is 0.391. The first-order chi connectivity index (χ1) is 13.7. The predicted octanol–water partition coefficient (Wildman–Crippen LogP) is 4.13. The predicted molar refractivity (Wildman–Crippen MR) is 116 cm³/mol.